The summed E-state index contributed by atoms with van der Waals surface area (Å²) in [5.74, 6) is 0. The summed E-state index contributed by atoms with van der Waals surface area (Å²) < 4.78 is 1.64. The Bertz CT molecular complexity index is 468. The smallest absolute Gasteiger partial charge is 0.331 e. The van der Waals surface area contributed by atoms with Crippen LogP contribution in [0, 0.1) is 10.1 Å². The van der Waals surface area contributed by atoms with Crippen LogP contribution in [0.3, 0.4) is 0 Å². The summed E-state index contributed by atoms with van der Waals surface area (Å²) in [5, 5.41) is 11.8. The lowest BCUT2D eigenvalue weighted by atomic mass is 10.3. The molecule has 0 aromatic heterocycles. The van der Waals surface area contributed by atoms with Gasteiger partial charge in [-0.3, -0.25) is 10.1 Å². The minimum Gasteiger partial charge on any atom is -0.350 e. The van der Waals surface area contributed by atoms with Gasteiger partial charge in [0.1, 0.15) is 0 Å². The van der Waals surface area contributed by atoms with Gasteiger partial charge >= 0.3 is 6.03 Å². The number of benzene rings is 1. The Hall–Kier alpha value is -1.84. The number of carbonyl (C=O) groups is 1. The predicted octanol–water partition coefficient (Wildman–Crippen LogP) is 1.53. The third-order valence-electron chi connectivity index (χ3n) is 2.37. The standard InChI is InChI=1S/C11H17N5O3S/c1-2-7-15(14(8-12)11(13)17)20-10-5-3-9(4-6-10)16(18)19/h3-6H,2,7-8,12H2,1H3,(H2,13,17). The van der Waals surface area contributed by atoms with Crippen molar-refractivity contribution < 1.29 is 9.72 Å². The van der Waals surface area contributed by atoms with Crippen LogP contribution >= 0.6 is 11.9 Å². The summed E-state index contributed by atoms with van der Waals surface area (Å²) in [6.07, 6.45) is 0.795. The first-order valence-corrected chi connectivity index (χ1v) is 6.73. The zero-order valence-corrected chi connectivity index (χ0v) is 11.9. The molecule has 0 heterocycles. The molecule has 0 radical (unpaired) electrons. The van der Waals surface area contributed by atoms with E-state index in [4.69, 9.17) is 11.5 Å². The van der Waals surface area contributed by atoms with Crippen molar-refractivity contribution in [3.05, 3.63) is 34.4 Å². The van der Waals surface area contributed by atoms with Gasteiger partial charge in [-0.25, -0.2) is 9.80 Å². The molecule has 0 aliphatic rings. The normalized spacial score (nSPS) is 10.6. The van der Waals surface area contributed by atoms with Crippen LogP contribution in [0.25, 0.3) is 0 Å². The highest BCUT2D eigenvalue weighted by Gasteiger charge is 2.18. The molecule has 8 nitrogen and oxygen atoms in total. The number of hydrazine groups is 1. The Morgan fingerprint density at radius 3 is 2.40 bits per heavy atom. The Balaban J connectivity index is 2.84. The Labute approximate surface area is 120 Å². The van der Waals surface area contributed by atoms with Crippen LogP contribution in [-0.2, 0) is 0 Å². The number of carbonyl (C=O) groups excluding carboxylic acids is 1. The molecule has 0 spiro atoms. The maximum atomic E-state index is 11.3. The van der Waals surface area contributed by atoms with E-state index in [0.717, 1.165) is 11.3 Å². The fourth-order valence-corrected chi connectivity index (χ4v) is 2.47. The number of nitro benzene ring substituents is 1. The van der Waals surface area contributed by atoms with Gasteiger partial charge in [-0.05, 0) is 30.5 Å². The number of rotatable bonds is 7. The SMILES string of the molecule is CCCN(Sc1ccc([N+](=O)[O-])cc1)N(CN)C(N)=O. The minimum absolute atomic E-state index is 0.0157. The summed E-state index contributed by atoms with van der Waals surface area (Å²) >= 11 is 1.25. The molecule has 20 heavy (non-hydrogen) atoms. The molecule has 0 atom stereocenters. The quantitative estimate of drug-likeness (QED) is 0.341. The van der Waals surface area contributed by atoms with Crippen LogP contribution < -0.4 is 11.5 Å². The number of hydrogen-bond acceptors (Lipinski definition) is 6. The highest BCUT2D eigenvalue weighted by atomic mass is 32.2. The van der Waals surface area contributed by atoms with Crippen molar-refractivity contribution in [2.24, 2.45) is 11.5 Å². The first kappa shape index (κ1) is 16.2. The second-order valence-electron chi connectivity index (χ2n) is 3.84. The van der Waals surface area contributed by atoms with E-state index in [-0.39, 0.29) is 12.4 Å². The number of primary amides is 1. The fourth-order valence-electron chi connectivity index (χ4n) is 1.45. The number of hydrogen-bond donors (Lipinski definition) is 2. The molecule has 0 saturated carbocycles. The number of amides is 2. The van der Waals surface area contributed by atoms with Gasteiger partial charge < -0.3 is 11.5 Å². The van der Waals surface area contributed by atoms with Gasteiger partial charge in [0.25, 0.3) is 5.69 Å². The summed E-state index contributed by atoms with van der Waals surface area (Å²) in [5.41, 5.74) is 10.8. The number of nitrogens with two attached hydrogens (primary N) is 2. The molecular formula is C11H17N5O3S. The lowest BCUT2D eigenvalue weighted by Crippen LogP contribution is -2.48. The summed E-state index contributed by atoms with van der Waals surface area (Å²) in [7, 11) is 0. The fraction of sp³-hybridized carbons (Fsp3) is 0.364. The minimum atomic E-state index is -0.643. The maximum absolute atomic E-state index is 11.3. The molecule has 2 amide bonds. The van der Waals surface area contributed by atoms with Crippen LogP contribution in [-0.4, -0.2) is 33.6 Å². The summed E-state index contributed by atoms with van der Waals surface area (Å²) in [6, 6.07) is 5.39. The summed E-state index contributed by atoms with van der Waals surface area (Å²) in [6.45, 7) is 2.50. The second kappa shape index (κ2) is 7.68. The van der Waals surface area contributed by atoms with Crippen LogP contribution in [0.15, 0.2) is 29.2 Å². The number of nitrogens with zero attached hydrogens (tertiary/aromatic N) is 3. The van der Waals surface area contributed by atoms with Gasteiger partial charge in [-0.15, -0.1) is 0 Å². The number of urea groups is 1. The van der Waals surface area contributed by atoms with E-state index in [1.54, 1.807) is 16.5 Å². The summed E-state index contributed by atoms with van der Waals surface area (Å²) in [4.78, 5) is 22.2. The van der Waals surface area contributed by atoms with E-state index in [1.807, 2.05) is 6.92 Å². The molecule has 1 aromatic rings. The third-order valence-corrected chi connectivity index (χ3v) is 3.44. The number of non-ortho nitro benzene ring substituents is 1. The monoisotopic (exact) mass is 299 g/mol. The van der Waals surface area contributed by atoms with Crippen molar-refractivity contribution in [2.75, 3.05) is 13.2 Å². The van der Waals surface area contributed by atoms with Gasteiger partial charge in [0.15, 0.2) is 0 Å². The van der Waals surface area contributed by atoms with Crippen molar-refractivity contribution in [3.63, 3.8) is 0 Å². The first-order chi connectivity index (χ1) is 9.49. The molecule has 110 valence electrons. The zero-order chi connectivity index (χ0) is 15.1. The molecule has 0 unspecified atom stereocenters. The van der Waals surface area contributed by atoms with E-state index in [2.05, 4.69) is 0 Å². The van der Waals surface area contributed by atoms with Gasteiger partial charge in [0, 0.05) is 23.6 Å². The largest absolute Gasteiger partial charge is 0.350 e. The molecule has 0 fully saturated rings. The molecule has 9 heteroatoms. The van der Waals surface area contributed by atoms with E-state index in [1.165, 1.54) is 29.1 Å². The van der Waals surface area contributed by atoms with Crippen molar-refractivity contribution in [3.8, 4) is 0 Å². The zero-order valence-electron chi connectivity index (χ0n) is 11.1. The topological polar surface area (TPSA) is 119 Å². The molecule has 0 aliphatic heterocycles. The molecule has 1 aromatic carbocycles. The Morgan fingerprint density at radius 2 is 2.00 bits per heavy atom. The molecular weight excluding hydrogens is 282 g/mol. The van der Waals surface area contributed by atoms with Gasteiger partial charge in [0.05, 0.1) is 11.6 Å². The van der Waals surface area contributed by atoms with Crippen LogP contribution in [0.4, 0.5) is 10.5 Å². The van der Waals surface area contributed by atoms with Crippen LogP contribution in [0.5, 0.6) is 0 Å². The highest BCUT2D eigenvalue weighted by Crippen LogP contribution is 2.26. The first-order valence-electron chi connectivity index (χ1n) is 5.96. The lowest BCUT2D eigenvalue weighted by molar-refractivity contribution is -0.384. The molecule has 1 rings (SSSR count). The average molecular weight is 299 g/mol. The lowest BCUT2D eigenvalue weighted by Gasteiger charge is -2.30. The third kappa shape index (κ3) is 4.37. The van der Waals surface area contributed by atoms with Crippen LogP contribution in [0.1, 0.15) is 13.3 Å². The van der Waals surface area contributed by atoms with E-state index < -0.39 is 11.0 Å². The van der Waals surface area contributed by atoms with Gasteiger partial charge in [-0.1, -0.05) is 6.92 Å². The van der Waals surface area contributed by atoms with E-state index in [9.17, 15) is 14.9 Å². The Morgan fingerprint density at radius 1 is 1.40 bits per heavy atom. The number of nitro groups is 1. The maximum Gasteiger partial charge on any atom is 0.331 e. The van der Waals surface area contributed by atoms with Crippen molar-refractivity contribution >= 4 is 23.7 Å². The molecule has 0 aliphatic carbocycles. The van der Waals surface area contributed by atoms with Crippen molar-refractivity contribution in [1.82, 2.24) is 9.42 Å². The molecule has 0 saturated heterocycles. The predicted molar refractivity (Wildman–Crippen MR) is 76.4 cm³/mol. The van der Waals surface area contributed by atoms with E-state index in [0.29, 0.717) is 6.54 Å². The van der Waals surface area contributed by atoms with E-state index >= 15 is 0 Å². The van der Waals surface area contributed by atoms with Gasteiger partial charge in [-0.2, -0.15) is 4.41 Å². The van der Waals surface area contributed by atoms with Crippen molar-refractivity contribution in [1.29, 1.82) is 0 Å². The second-order valence-corrected chi connectivity index (χ2v) is 4.91. The Kier molecular flexibility index (Phi) is 6.22. The van der Waals surface area contributed by atoms with Crippen molar-refractivity contribution in [2.45, 2.75) is 18.2 Å². The van der Waals surface area contributed by atoms with Crippen LogP contribution in [0.2, 0.25) is 0 Å². The average Bonchev–Trinajstić information content (AvgIpc) is 2.40. The van der Waals surface area contributed by atoms with Gasteiger partial charge in [0.2, 0.25) is 0 Å². The highest BCUT2D eigenvalue weighted by molar-refractivity contribution is 7.97. The molecule has 0 bridgehead atoms. The molecule has 4 N–H and O–H groups in total.